The Labute approximate surface area is 71.1 Å². The molecule has 2 aliphatic rings. The first-order valence-corrected chi connectivity index (χ1v) is 4.27. The van der Waals surface area contributed by atoms with Gasteiger partial charge in [0.15, 0.2) is 0 Å². The van der Waals surface area contributed by atoms with Crippen molar-refractivity contribution in [1.29, 1.82) is 0 Å². The van der Waals surface area contributed by atoms with E-state index in [0.29, 0.717) is 11.8 Å². The molecule has 0 radical (unpaired) electrons. The van der Waals surface area contributed by atoms with Crippen LogP contribution in [0, 0.1) is 11.8 Å². The number of rotatable bonds is 2. The van der Waals surface area contributed by atoms with Crippen molar-refractivity contribution >= 4 is 5.97 Å². The SMILES string of the molecule is O=C(O)CN1CC2COCC2C1. The van der Waals surface area contributed by atoms with E-state index >= 15 is 0 Å². The first-order chi connectivity index (χ1) is 5.75. The number of ether oxygens (including phenoxy) is 1. The van der Waals surface area contributed by atoms with Crippen molar-refractivity contribution in [2.45, 2.75) is 0 Å². The fourth-order valence-electron chi connectivity index (χ4n) is 2.10. The molecule has 0 amide bonds. The maximum atomic E-state index is 10.4. The molecule has 4 nitrogen and oxygen atoms in total. The summed E-state index contributed by atoms with van der Waals surface area (Å²) in [6.07, 6.45) is 0. The van der Waals surface area contributed by atoms with Crippen molar-refractivity contribution in [3.05, 3.63) is 0 Å². The highest BCUT2D eigenvalue weighted by Gasteiger charge is 2.37. The van der Waals surface area contributed by atoms with Gasteiger partial charge < -0.3 is 9.84 Å². The highest BCUT2D eigenvalue weighted by atomic mass is 16.5. The number of carboxylic acid groups (broad SMARTS) is 1. The third-order valence-electron chi connectivity index (χ3n) is 2.67. The Hall–Kier alpha value is -0.610. The Balaban J connectivity index is 1.86. The second kappa shape index (κ2) is 3.03. The lowest BCUT2D eigenvalue weighted by molar-refractivity contribution is -0.138. The van der Waals surface area contributed by atoms with Crippen LogP contribution in [-0.2, 0) is 9.53 Å². The molecule has 2 saturated heterocycles. The molecule has 0 aromatic carbocycles. The summed E-state index contributed by atoms with van der Waals surface area (Å²) in [5.74, 6) is 0.449. The van der Waals surface area contributed by atoms with Crippen molar-refractivity contribution in [1.82, 2.24) is 4.90 Å². The summed E-state index contributed by atoms with van der Waals surface area (Å²) in [6, 6.07) is 0. The number of hydrogen-bond acceptors (Lipinski definition) is 3. The molecule has 0 aromatic rings. The Bertz CT molecular complexity index is 183. The zero-order valence-electron chi connectivity index (χ0n) is 6.90. The third kappa shape index (κ3) is 1.44. The Morgan fingerprint density at radius 3 is 2.50 bits per heavy atom. The number of carboxylic acids is 1. The van der Waals surface area contributed by atoms with Gasteiger partial charge in [0.25, 0.3) is 0 Å². The summed E-state index contributed by atoms with van der Waals surface area (Å²) in [5.41, 5.74) is 0. The number of nitrogens with zero attached hydrogens (tertiary/aromatic N) is 1. The van der Waals surface area contributed by atoms with E-state index in [2.05, 4.69) is 0 Å². The predicted molar refractivity (Wildman–Crippen MR) is 41.9 cm³/mol. The molecule has 2 aliphatic heterocycles. The highest BCUT2D eigenvalue weighted by molar-refractivity contribution is 5.69. The van der Waals surface area contributed by atoms with E-state index in [1.54, 1.807) is 0 Å². The Kier molecular flexibility index (Phi) is 2.02. The van der Waals surface area contributed by atoms with Crippen LogP contribution in [0.5, 0.6) is 0 Å². The fraction of sp³-hybridized carbons (Fsp3) is 0.875. The Morgan fingerprint density at radius 1 is 1.42 bits per heavy atom. The maximum Gasteiger partial charge on any atom is 0.317 e. The van der Waals surface area contributed by atoms with Crippen molar-refractivity contribution in [3.63, 3.8) is 0 Å². The normalized spacial score (nSPS) is 35.3. The summed E-state index contributed by atoms with van der Waals surface area (Å²) in [4.78, 5) is 12.4. The molecule has 0 saturated carbocycles. The molecule has 12 heavy (non-hydrogen) atoms. The van der Waals surface area contributed by atoms with E-state index in [-0.39, 0.29) is 6.54 Å². The second-order valence-corrected chi connectivity index (χ2v) is 3.65. The van der Waals surface area contributed by atoms with Crippen LogP contribution < -0.4 is 0 Å². The zero-order valence-corrected chi connectivity index (χ0v) is 6.90. The molecule has 2 heterocycles. The summed E-state index contributed by atoms with van der Waals surface area (Å²) < 4.78 is 5.29. The molecule has 2 atom stereocenters. The van der Waals surface area contributed by atoms with E-state index in [0.717, 1.165) is 26.3 Å². The van der Waals surface area contributed by atoms with Crippen molar-refractivity contribution in [2.24, 2.45) is 11.8 Å². The first kappa shape index (κ1) is 8.01. The van der Waals surface area contributed by atoms with Gasteiger partial charge in [0.2, 0.25) is 0 Å². The summed E-state index contributed by atoms with van der Waals surface area (Å²) >= 11 is 0. The smallest absolute Gasteiger partial charge is 0.317 e. The van der Waals surface area contributed by atoms with Gasteiger partial charge in [-0.1, -0.05) is 0 Å². The van der Waals surface area contributed by atoms with Crippen molar-refractivity contribution in [2.75, 3.05) is 32.8 Å². The van der Waals surface area contributed by atoms with E-state index in [1.165, 1.54) is 0 Å². The topological polar surface area (TPSA) is 49.8 Å². The number of carbonyl (C=O) groups is 1. The Morgan fingerprint density at radius 2 is 2.00 bits per heavy atom. The molecule has 1 N–H and O–H groups in total. The van der Waals surface area contributed by atoms with Gasteiger partial charge in [0.05, 0.1) is 19.8 Å². The van der Waals surface area contributed by atoms with E-state index < -0.39 is 5.97 Å². The molecule has 0 spiro atoms. The van der Waals surface area contributed by atoms with Gasteiger partial charge in [0.1, 0.15) is 0 Å². The first-order valence-electron chi connectivity index (χ1n) is 4.27. The summed E-state index contributed by atoms with van der Waals surface area (Å²) in [7, 11) is 0. The fourth-order valence-corrected chi connectivity index (χ4v) is 2.10. The largest absolute Gasteiger partial charge is 0.480 e. The van der Waals surface area contributed by atoms with Crippen LogP contribution in [-0.4, -0.2) is 48.8 Å². The van der Waals surface area contributed by atoms with E-state index in [4.69, 9.17) is 9.84 Å². The molecule has 2 rings (SSSR count). The second-order valence-electron chi connectivity index (χ2n) is 3.65. The van der Waals surface area contributed by atoms with Gasteiger partial charge in [0, 0.05) is 24.9 Å². The van der Waals surface area contributed by atoms with Crippen LogP contribution >= 0.6 is 0 Å². The number of hydrogen-bond donors (Lipinski definition) is 1. The molecular formula is C8H13NO3. The van der Waals surface area contributed by atoms with Gasteiger partial charge in [-0.15, -0.1) is 0 Å². The molecule has 4 heteroatoms. The molecule has 0 bridgehead atoms. The number of likely N-dealkylation sites (tertiary alicyclic amines) is 1. The number of aliphatic carboxylic acids is 1. The van der Waals surface area contributed by atoms with Crippen LogP contribution in [0.1, 0.15) is 0 Å². The minimum Gasteiger partial charge on any atom is -0.480 e. The lowest BCUT2D eigenvalue weighted by Gasteiger charge is -2.12. The lowest BCUT2D eigenvalue weighted by atomic mass is 10.0. The average molecular weight is 171 g/mol. The van der Waals surface area contributed by atoms with E-state index in [1.807, 2.05) is 4.90 Å². The van der Waals surface area contributed by atoms with Gasteiger partial charge in [-0.2, -0.15) is 0 Å². The summed E-state index contributed by atoms with van der Waals surface area (Å²) in [5, 5.41) is 8.56. The predicted octanol–water partition coefficient (Wildman–Crippen LogP) is -0.351. The van der Waals surface area contributed by atoms with Crippen LogP contribution in [0.3, 0.4) is 0 Å². The van der Waals surface area contributed by atoms with Crippen LogP contribution in [0.25, 0.3) is 0 Å². The minimum absolute atomic E-state index is 0.188. The van der Waals surface area contributed by atoms with Crippen LogP contribution in [0.4, 0.5) is 0 Å². The van der Waals surface area contributed by atoms with Gasteiger partial charge in [-0.05, 0) is 0 Å². The van der Waals surface area contributed by atoms with Crippen LogP contribution in [0.15, 0.2) is 0 Å². The van der Waals surface area contributed by atoms with Gasteiger partial charge in [-0.25, -0.2) is 0 Å². The van der Waals surface area contributed by atoms with Crippen molar-refractivity contribution in [3.8, 4) is 0 Å². The highest BCUT2D eigenvalue weighted by Crippen LogP contribution is 2.28. The minimum atomic E-state index is -0.726. The zero-order chi connectivity index (χ0) is 8.55. The van der Waals surface area contributed by atoms with Crippen LogP contribution in [0.2, 0.25) is 0 Å². The molecule has 68 valence electrons. The third-order valence-corrected chi connectivity index (χ3v) is 2.67. The standard InChI is InChI=1S/C8H13NO3/c10-8(11)3-9-1-6-4-12-5-7(6)2-9/h6-7H,1-5H2,(H,10,11). The van der Waals surface area contributed by atoms with Gasteiger partial charge >= 0.3 is 5.97 Å². The van der Waals surface area contributed by atoms with E-state index in [9.17, 15) is 4.79 Å². The molecule has 0 aliphatic carbocycles. The summed E-state index contributed by atoms with van der Waals surface area (Å²) in [6.45, 7) is 3.63. The van der Waals surface area contributed by atoms with Gasteiger partial charge in [-0.3, -0.25) is 9.69 Å². The average Bonchev–Trinajstić information content (AvgIpc) is 2.43. The quantitative estimate of drug-likeness (QED) is 0.617. The maximum absolute atomic E-state index is 10.4. The molecular weight excluding hydrogens is 158 g/mol. The molecule has 0 aromatic heterocycles. The van der Waals surface area contributed by atoms with Crippen molar-refractivity contribution < 1.29 is 14.6 Å². The molecule has 2 unspecified atom stereocenters. The number of fused-ring (bicyclic) bond motifs is 1. The monoisotopic (exact) mass is 171 g/mol. The lowest BCUT2D eigenvalue weighted by Crippen LogP contribution is -2.28. The molecule has 2 fully saturated rings.